The lowest BCUT2D eigenvalue weighted by molar-refractivity contribution is 0.598. The van der Waals surface area contributed by atoms with Gasteiger partial charge in [-0.15, -0.1) is 0 Å². The molecule has 0 aromatic rings. The molecule has 15 heavy (non-hydrogen) atoms. The van der Waals surface area contributed by atoms with Crippen LogP contribution >= 0.6 is 0 Å². The Kier molecular flexibility index (Phi) is 5.08. The average Bonchev–Trinajstić information content (AvgIpc) is 2.39. The van der Waals surface area contributed by atoms with E-state index in [4.69, 9.17) is 0 Å². The van der Waals surface area contributed by atoms with Gasteiger partial charge in [-0.1, -0.05) is 6.42 Å². The van der Waals surface area contributed by atoms with Crippen LogP contribution in [0.4, 0.5) is 0 Å². The minimum atomic E-state index is -2.81. The molecular formula is C10H20N2O2S. The predicted molar refractivity (Wildman–Crippen MR) is 63.1 cm³/mol. The van der Waals surface area contributed by atoms with E-state index < -0.39 is 9.84 Å². The molecule has 4 nitrogen and oxygen atoms in total. The third kappa shape index (κ3) is 6.49. The minimum Gasteiger partial charge on any atom is -0.374 e. The van der Waals surface area contributed by atoms with Gasteiger partial charge in [-0.3, -0.25) is 4.99 Å². The first-order valence-electron chi connectivity index (χ1n) is 5.53. The van der Waals surface area contributed by atoms with E-state index in [-0.39, 0.29) is 5.75 Å². The monoisotopic (exact) mass is 232 g/mol. The van der Waals surface area contributed by atoms with Crippen molar-refractivity contribution in [2.45, 2.75) is 32.1 Å². The quantitative estimate of drug-likeness (QED) is 0.735. The molecule has 0 spiro atoms. The molecule has 88 valence electrons. The lowest BCUT2D eigenvalue weighted by atomic mass is 10.2. The molecule has 1 heterocycles. The zero-order chi connectivity index (χ0) is 11.1. The molecule has 0 radical (unpaired) electrons. The van der Waals surface area contributed by atoms with E-state index >= 15 is 0 Å². The van der Waals surface area contributed by atoms with Crippen molar-refractivity contribution in [3.63, 3.8) is 0 Å². The van der Waals surface area contributed by atoms with Crippen molar-refractivity contribution in [2.75, 3.05) is 25.1 Å². The molecule has 0 aromatic carbocycles. The van der Waals surface area contributed by atoms with Crippen LogP contribution in [0.3, 0.4) is 0 Å². The Morgan fingerprint density at radius 2 is 2.13 bits per heavy atom. The maximum atomic E-state index is 10.9. The summed E-state index contributed by atoms with van der Waals surface area (Å²) in [4.78, 5) is 4.41. The van der Waals surface area contributed by atoms with E-state index in [0.29, 0.717) is 13.0 Å². The Hall–Kier alpha value is -0.580. The molecule has 0 atom stereocenters. The maximum Gasteiger partial charge on any atom is 0.147 e. The van der Waals surface area contributed by atoms with E-state index in [0.717, 1.165) is 18.8 Å². The first-order chi connectivity index (χ1) is 7.08. The van der Waals surface area contributed by atoms with Gasteiger partial charge >= 0.3 is 0 Å². The van der Waals surface area contributed by atoms with Crippen molar-refractivity contribution < 1.29 is 8.42 Å². The van der Waals surface area contributed by atoms with Crippen LogP contribution in [-0.2, 0) is 9.84 Å². The molecular weight excluding hydrogens is 212 g/mol. The smallest absolute Gasteiger partial charge is 0.147 e. The third-order valence-electron chi connectivity index (χ3n) is 2.40. The van der Waals surface area contributed by atoms with Gasteiger partial charge < -0.3 is 5.32 Å². The summed E-state index contributed by atoms with van der Waals surface area (Å²) in [5.41, 5.74) is 0. The minimum absolute atomic E-state index is 0.257. The summed E-state index contributed by atoms with van der Waals surface area (Å²) in [5.74, 6) is 1.31. The first kappa shape index (κ1) is 12.5. The van der Waals surface area contributed by atoms with Crippen molar-refractivity contribution in [2.24, 2.45) is 4.99 Å². The fraction of sp³-hybridized carbons (Fsp3) is 0.900. The second-order valence-corrected chi connectivity index (χ2v) is 6.31. The van der Waals surface area contributed by atoms with Crippen molar-refractivity contribution in [1.29, 1.82) is 0 Å². The number of amidine groups is 1. The van der Waals surface area contributed by atoms with Crippen molar-refractivity contribution in [1.82, 2.24) is 5.32 Å². The second-order valence-electron chi connectivity index (χ2n) is 4.05. The van der Waals surface area contributed by atoms with Gasteiger partial charge in [-0.2, -0.15) is 0 Å². The van der Waals surface area contributed by atoms with E-state index in [1.54, 1.807) is 0 Å². The highest BCUT2D eigenvalue weighted by Crippen LogP contribution is 2.05. The molecule has 0 unspecified atom stereocenters. The zero-order valence-corrected chi connectivity index (χ0v) is 10.1. The molecule has 1 aliphatic heterocycles. The molecule has 0 aliphatic carbocycles. The van der Waals surface area contributed by atoms with E-state index in [2.05, 4.69) is 10.3 Å². The zero-order valence-electron chi connectivity index (χ0n) is 9.33. The summed E-state index contributed by atoms with van der Waals surface area (Å²) in [6.45, 7) is 1.63. The summed E-state index contributed by atoms with van der Waals surface area (Å²) in [5, 5.41) is 3.22. The Morgan fingerprint density at radius 1 is 1.33 bits per heavy atom. The number of nitrogens with zero attached hydrogens (tertiary/aromatic N) is 1. The molecule has 0 fully saturated rings. The molecule has 5 heteroatoms. The highest BCUT2D eigenvalue weighted by Gasteiger charge is 2.04. The largest absolute Gasteiger partial charge is 0.374 e. The highest BCUT2D eigenvalue weighted by molar-refractivity contribution is 7.90. The number of nitrogens with one attached hydrogen (secondary N) is 1. The topological polar surface area (TPSA) is 58.5 Å². The molecule has 0 saturated heterocycles. The summed E-state index contributed by atoms with van der Waals surface area (Å²) >= 11 is 0. The second kappa shape index (κ2) is 6.10. The van der Waals surface area contributed by atoms with Crippen LogP contribution in [0, 0.1) is 0 Å². The molecule has 0 aromatic heterocycles. The van der Waals surface area contributed by atoms with Crippen LogP contribution in [-0.4, -0.2) is 39.4 Å². The number of hydrogen-bond donors (Lipinski definition) is 1. The average molecular weight is 232 g/mol. The van der Waals surface area contributed by atoms with Gasteiger partial charge in [0.25, 0.3) is 0 Å². The summed E-state index contributed by atoms with van der Waals surface area (Å²) in [7, 11) is -2.81. The van der Waals surface area contributed by atoms with Crippen LogP contribution in [0.5, 0.6) is 0 Å². The SMILES string of the molecule is CS(=O)(=O)CCCNC1=NCCCCC1. The number of hydrogen-bond acceptors (Lipinski definition) is 4. The number of sulfone groups is 1. The van der Waals surface area contributed by atoms with Crippen LogP contribution in [0.25, 0.3) is 0 Å². The Bertz CT molecular complexity index is 309. The Balaban J connectivity index is 2.16. The lowest BCUT2D eigenvalue weighted by Gasteiger charge is -2.07. The first-order valence-corrected chi connectivity index (χ1v) is 7.59. The van der Waals surface area contributed by atoms with Crippen LogP contribution in [0.2, 0.25) is 0 Å². The van der Waals surface area contributed by atoms with Crippen molar-refractivity contribution >= 4 is 15.7 Å². The van der Waals surface area contributed by atoms with Gasteiger partial charge in [0, 0.05) is 25.8 Å². The van der Waals surface area contributed by atoms with Crippen LogP contribution in [0.1, 0.15) is 32.1 Å². The maximum absolute atomic E-state index is 10.9. The molecule has 0 saturated carbocycles. The van der Waals surface area contributed by atoms with Crippen LogP contribution in [0.15, 0.2) is 4.99 Å². The van der Waals surface area contributed by atoms with E-state index in [1.165, 1.54) is 25.5 Å². The lowest BCUT2D eigenvalue weighted by Crippen LogP contribution is -2.25. The van der Waals surface area contributed by atoms with Gasteiger partial charge in [0.2, 0.25) is 0 Å². The van der Waals surface area contributed by atoms with E-state index in [9.17, 15) is 8.42 Å². The predicted octanol–water partition coefficient (Wildman–Crippen LogP) is 0.983. The third-order valence-corrected chi connectivity index (χ3v) is 3.43. The number of rotatable bonds is 4. The summed E-state index contributed by atoms with van der Waals surface area (Å²) < 4.78 is 21.8. The standard InChI is InChI=1S/C10H20N2O2S/c1-15(13,14)9-5-8-12-10-6-3-2-4-7-11-10/h2-9H2,1H3,(H,11,12). The van der Waals surface area contributed by atoms with Crippen molar-refractivity contribution in [3.05, 3.63) is 0 Å². The number of aliphatic imine (C=N–C) groups is 1. The van der Waals surface area contributed by atoms with Gasteiger partial charge in [0.05, 0.1) is 11.6 Å². The van der Waals surface area contributed by atoms with Crippen LogP contribution < -0.4 is 5.32 Å². The van der Waals surface area contributed by atoms with Gasteiger partial charge in [-0.25, -0.2) is 8.42 Å². The molecule has 1 rings (SSSR count). The molecule has 1 N–H and O–H groups in total. The normalized spacial score (nSPS) is 18.1. The van der Waals surface area contributed by atoms with Gasteiger partial charge in [-0.05, 0) is 19.3 Å². The molecule has 0 bridgehead atoms. The van der Waals surface area contributed by atoms with Crippen molar-refractivity contribution in [3.8, 4) is 0 Å². The van der Waals surface area contributed by atoms with Gasteiger partial charge in [0.1, 0.15) is 9.84 Å². The Morgan fingerprint density at radius 3 is 2.87 bits per heavy atom. The fourth-order valence-electron chi connectivity index (χ4n) is 1.59. The summed E-state index contributed by atoms with van der Waals surface area (Å²) in [6.07, 6.45) is 6.57. The Labute approximate surface area is 92.1 Å². The van der Waals surface area contributed by atoms with E-state index in [1.807, 2.05) is 0 Å². The molecule has 1 aliphatic rings. The molecule has 0 amide bonds. The van der Waals surface area contributed by atoms with Gasteiger partial charge in [0.15, 0.2) is 0 Å². The highest BCUT2D eigenvalue weighted by atomic mass is 32.2. The fourth-order valence-corrected chi connectivity index (χ4v) is 2.25. The summed E-state index contributed by atoms with van der Waals surface area (Å²) in [6, 6.07) is 0.